The number of hydrogen-bond acceptors (Lipinski definition) is 1. The molecule has 0 heterocycles. The van der Waals surface area contributed by atoms with E-state index < -0.39 is 0 Å². The van der Waals surface area contributed by atoms with Gasteiger partial charge in [-0.1, -0.05) is 18.6 Å². The van der Waals surface area contributed by atoms with Crippen molar-refractivity contribution in [1.29, 1.82) is 0 Å². The Morgan fingerprint density at radius 1 is 1.20 bits per heavy atom. The predicted molar refractivity (Wildman–Crippen MR) is 55.3 cm³/mol. The Bertz CT molecular complexity index is 432. The summed E-state index contributed by atoms with van der Waals surface area (Å²) in [4.78, 5) is 11.9. The molecule has 0 aliphatic heterocycles. The average molecular weight is 204 g/mol. The van der Waals surface area contributed by atoms with Crippen LogP contribution >= 0.6 is 0 Å². The van der Waals surface area contributed by atoms with Gasteiger partial charge in [0.25, 0.3) is 0 Å². The topological polar surface area (TPSA) is 17.1 Å². The van der Waals surface area contributed by atoms with Gasteiger partial charge in [0, 0.05) is 6.42 Å². The van der Waals surface area contributed by atoms with E-state index in [4.69, 9.17) is 0 Å². The van der Waals surface area contributed by atoms with Crippen LogP contribution in [0.25, 0.3) is 0 Å². The summed E-state index contributed by atoms with van der Waals surface area (Å²) in [6.07, 6.45) is 4.04. The summed E-state index contributed by atoms with van der Waals surface area (Å²) in [5.74, 6) is 0.193. The number of Topliss-reactive ketones (excluding diaryl/α,β-unsaturated/α-hetero) is 1. The molecule has 0 radical (unpaired) electrons. The molecule has 3 rings (SSSR count). The van der Waals surface area contributed by atoms with Crippen LogP contribution in [0.2, 0.25) is 0 Å². The number of hydrogen-bond donors (Lipinski definition) is 0. The van der Waals surface area contributed by atoms with E-state index in [0.717, 1.165) is 30.4 Å². The number of benzene rings is 1. The molecule has 2 aliphatic rings. The molecule has 1 spiro atoms. The lowest BCUT2D eigenvalue weighted by Crippen LogP contribution is -2.45. The second-order valence-electron chi connectivity index (χ2n) is 4.62. The van der Waals surface area contributed by atoms with Crippen molar-refractivity contribution < 1.29 is 9.18 Å². The number of carbonyl (C=O) groups excluding carboxylic acids is 1. The summed E-state index contributed by atoms with van der Waals surface area (Å²) >= 11 is 0. The summed E-state index contributed by atoms with van der Waals surface area (Å²) in [6.45, 7) is 0. The quantitative estimate of drug-likeness (QED) is 0.635. The molecule has 1 saturated carbocycles. The first-order chi connectivity index (χ1) is 7.24. The van der Waals surface area contributed by atoms with E-state index in [-0.39, 0.29) is 11.2 Å². The van der Waals surface area contributed by atoms with Gasteiger partial charge >= 0.3 is 0 Å². The van der Waals surface area contributed by atoms with Crippen LogP contribution in [0.4, 0.5) is 4.39 Å². The van der Waals surface area contributed by atoms with Crippen molar-refractivity contribution in [2.75, 3.05) is 0 Å². The van der Waals surface area contributed by atoms with Crippen LogP contribution in [-0.4, -0.2) is 5.78 Å². The maximum atomic E-state index is 13.6. The van der Waals surface area contributed by atoms with Gasteiger partial charge in [-0.3, -0.25) is 4.79 Å². The standard InChI is InChI=1S/C13H13FO/c14-11-4-1-3-10-9(11)5-6-12(15)13(10)7-2-8-13/h1,3-4H,2,5-8H2. The number of ketones is 1. The van der Waals surface area contributed by atoms with E-state index >= 15 is 0 Å². The molecule has 0 bridgehead atoms. The van der Waals surface area contributed by atoms with Crippen LogP contribution in [0, 0.1) is 5.82 Å². The van der Waals surface area contributed by atoms with Gasteiger partial charge in [0.2, 0.25) is 0 Å². The largest absolute Gasteiger partial charge is 0.299 e. The van der Waals surface area contributed by atoms with E-state index in [2.05, 4.69) is 0 Å². The predicted octanol–water partition coefficient (Wildman–Crippen LogP) is 2.76. The highest BCUT2D eigenvalue weighted by Crippen LogP contribution is 2.49. The van der Waals surface area contributed by atoms with Crippen LogP contribution in [0.3, 0.4) is 0 Å². The number of rotatable bonds is 0. The van der Waals surface area contributed by atoms with Crippen molar-refractivity contribution in [3.05, 3.63) is 35.1 Å². The summed E-state index contributed by atoms with van der Waals surface area (Å²) in [6, 6.07) is 5.17. The molecule has 0 atom stereocenters. The molecule has 1 aromatic carbocycles. The summed E-state index contributed by atoms with van der Waals surface area (Å²) in [7, 11) is 0. The molecule has 0 amide bonds. The highest BCUT2D eigenvalue weighted by Gasteiger charge is 2.48. The lowest BCUT2D eigenvalue weighted by atomic mass is 9.57. The van der Waals surface area contributed by atoms with Crippen LogP contribution in [-0.2, 0) is 16.6 Å². The summed E-state index contributed by atoms with van der Waals surface area (Å²) in [5.41, 5.74) is 1.47. The van der Waals surface area contributed by atoms with Gasteiger partial charge in [0.05, 0.1) is 5.41 Å². The molecule has 0 unspecified atom stereocenters. The first-order valence-corrected chi connectivity index (χ1v) is 5.55. The van der Waals surface area contributed by atoms with Gasteiger partial charge in [-0.15, -0.1) is 0 Å². The molecule has 0 aromatic heterocycles. The van der Waals surface area contributed by atoms with Gasteiger partial charge in [-0.05, 0) is 36.5 Å². The van der Waals surface area contributed by atoms with Crippen molar-refractivity contribution in [2.45, 2.75) is 37.5 Å². The molecule has 1 aromatic rings. The molecule has 1 nitrogen and oxygen atoms in total. The van der Waals surface area contributed by atoms with Crippen LogP contribution in [0.1, 0.15) is 36.8 Å². The van der Waals surface area contributed by atoms with Gasteiger partial charge in [0.15, 0.2) is 0 Å². The Morgan fingerprint density at radius 2 is 2.00 bits per heavy atom. The van der Waals surface area contributed by atoms with Crippen LogP contribution in [0.5, 0.6) is 0 Å². The highest BCUT2D eigenvalue weighted by atomic mass is 19.1. The zero-order chi connectivity index (χ0) is 10.5. The van der Waals surface area contributed by atoms with Crippen molar-refractivity contribution >= 4 is 5.78 Å². The third-order valence-corrected chi connectivity index (χ3v) is 3.98. The van der Waals surface area contributed by atoms with E-state index in [1.54, 1.807) is 6.07 Å². The lowest BCUT2D eigenvalue weighted by Gasteiger charge is -2.44. The lowest BCUT2D eigenvalue weighted by molar-refractivity contribution is -0.128. The fourth-order valence-corrected chi connectivity index (χ4v) is 2.97. The van der Waals surface area contributed by atoms with Crippen molar-refractivity contribution in [1.82, 2.24) is 0 Å². The van der Waals surface area contributed by atoms with Gasteiger partial charge in [-0.2, -0.15) is 0 Å². The smallest absolute Gasteiger partial charge is 0.143 e. The minimum atomic E-state index is -0.296. The average Bonchev–Trinajstić information content (AvgIpc) is 2.15. The van der Waals surface area contributed by atoms with Gasteiger partial charge in [0.1, 0.15) is 11.6 Å². The van der Waals surface area contributed by atoms with Crippen molar-refractivity contribution in [2.24, 2.45) is 0 Å². The van der Waals surface area contributed by atoms with Gasteiger partial charge < -0.3 is 0 Å². The monoisotopic (exact) mass is 204 g/mol. The highest BCUT2D eigenvalue weighted by molar-refractivity contribution is 5.93. The molecular weight excluding hydrogens is 191 g/mol. The molecule has 0 N–H and O–H groups in total. The van der Waals surface area contributed by atoms with E-state index in [9.17, 15) is 9.18 Å². The second-order valence-corrected chi connectivity index (χ2v) is 4.62. The Balaban J connectivity index is 2.20. The third kappa shape index (κ3) is 1.05. The Kier molecular flexibility index (Phi) is 1.76. The number of fused-ring (bicyclic) bond motifs is 2. The molecule has 0 saturated heterocycles. The number of halogens is 1. The first kappa shape index (κ1) is 9.08. The van der Waals surface area contributed by atoms with E-state index in [1.807, 2.05) is 6.07 Å². The van der Waals surface area contributed by atoms with E-state index in [0.29, 0.717) is 18.6 Å². The minimum absolute atomic E-state index is 0.133. The minimum Gasteiger partial charge on any atom is -0.299 e. The Hall–Kier alpha value is -1.18. The fraction of sp³-hybridized carbons (Fsp3) is 0.462. The van der Waals surface area contributed by atoms with Crippen molar-refractivity contribution in [3.63, 3.8) is 0 Å². The fourth-order valence-electron chi connectivity index (χ4n) is 2.97. The summed E-state index contributed by atoms with van der Waals surface area (Å²) < 4.78 is 13.6. The molecule has 15 heavy (non-hydrogen) atoms. The Labute approximate surface area is 88.3 Å². The van der Waals surface area contributed by atoms with E-state index in [1.165, 1.54) is 6.07 Å². The van der Waals surface area contributed by atoms with Crippen molar-refractivity contribution in [3.8, 4) is 0 Å². The molecule has 2 heteroatoms. The zero-order valence-electron chi connectivity index (χ0n) is 8.55. The van der Waals surface area contributed by atoms with Gasteiger partial charge in [-0.25, -0.2) is 4.39 Å². The SMILES string of the molecule is O=C1CCc2c(F)cccc2C12CCC2. The second kappa shape index (κ2) is 2.91. The maximum Gasteiger partial charge on any atom is 0.143 e. The normalized spacial score (nSPS) is 22.3. The third-order valence-electron chi connectivity index (χ3n) is 3.98. The summed E-state index contributed by atoms with van der Waals surface area (Å²) in [5, 5.41) is 0. The number of carbonyl (C=O) groups is 1. The molecule has 78 valence electrons. The maximum absolute atomic E-state index is 13.6. The van der Waals surface area contributed by atoms with Crippen LogP contribution < -0.4 is 0 Å². The molecule has 1 fully saturated rings. The Morgan fingerprint density at radius 3 is 2.67 bits per heavy atom. The molecular formula is C13H13FO. The molecule has 2 aliphatic carbocycles. The first-order valence-electron chi connectivity index (χ1n) is 5.55. The van der Waals surface area contributed by atoms with Crippen LogP contribution in [0.15, 0.2) is 18.2 Å². The zero-order valence-corrected chi connectivity index (χ0v) is 8.55.